The van der Waals surface area contributed by atoms with Gasteiger partial charge in [0.1, 0.15) is 0 Å². The van der Waals surface area contributed by atoms with E-state index in [2.05, 4.69) is 67.5 Å². The van der Waals surface area contributed by atoms with Crippen molar-refractivity contribution in [2.75, 3.05) is 26.2 Å². The van der Waals surface area contributed by atoms with E-state index < -0.39 is 0 Å². The molecule has 2 N–H and O–H groups in total. The highest BCUT2D eigenvalue weighted by atomic mass is 16.6. The van der Waals surface area contributed by atoms with Crippen LogP contribution >= 0.6 is 0 Å². The fraction of sp³-hybridized carbons (Fsp3) is 0.739. The van der Waals surface area contributed by atoms with E-state index in [1.165, 1.54) is 0 Å². The largest absolute Gasteiger partial charge is 0.372 e. The molecule has 1 aliphatic heterocycles. The van der Waals surface area contributed by atoms with Gasteiger partial charge in [0.05, 0.1) is 12.7 Å². The highest BCUT2D eigenvalue weighted by Crippen LogP contribution is 2.15. The van der Waals surface area contributed by atoms with Gasteiger partial charge in [-0.3, -0.25) is 14.5 Å². The van der Waals surface area contributed by atoms with Gasteiger partial charge >= 0.3 is 0 Å². The van der Waals surface area contributed by atoms with Crippen molar-refractivity contribution in [1.29, 1.82) is 0 Å². The monoisotopic (exact) mass is 407 g/mol. The maximum Gasteiger partial charge on any atom is 0.220 e. The van der Waals surface area contributed by atoms with Gasteiger partial charge in [-0.05, 0) is 39.5 Å². The van der Waals surface area contributed by atoms with Crippen LogP contribution < -0.4 is 10.6 Å². The van der Waals surface area contributed by atoms with Gasteiger partial charge in [-0.15, -0.1) is 0 Å². The summed E-state index contributed by atoms with van der Waals surface area (Å²) in [7, 11) is 0. The average Bonchev–Trinajstić information content (AvgIpc) is 3.53. The molecule has 166 valence electrons. The van der Waals surface area contributed by atoms with Gasteiger partial charge in [-0.25, -0.2) is 0 Å². The Hall–Kier alpha value is -1.66. The summed E-state index contributed by atoms with van der Waals surface area (Å²) in [6, 6.07) is 0.349. The minimum absolute atomic E-state index is 0.0846. The highest BCUT2D eigenvalue weighted by molar-refractivity contribution is 5.76. The quantitative estimate of drug-likeness (QED) is 0.304. The average molecular weight is 408 g/mol. The summed E-state index contributed by atoms with van der Waals surface area (Å²) in [6.45, 7) is 11.2. The van der Waals surface area contributed by atoms with Crippen LogP contribution in [0.3, 0.4) is 0 Å². The van der Waals surface area contributed by atoms with Gasteiger partial charge < -0.3 is 15.4 Å². The van der Waals surface area contributed by atoms with Crippen molar-refractivity contribution in [3.05, 3.63) is 24.3 Å². The number of rotatable bonds is 16. The first-order valence-electron chi connectivity index (χ1n) is 11.2. The second-order valence-electron chi connectivity index (χ2n) is 7.79. The Morgan fingerprint density at radius 3 is 1.76 bits per heavy atom. The SMILES string of the molecule is CC/C=C/CCC(=O)NCC(C)N(CC1CO1)C(C)CNC(=O)CC/C=C/CC. The summed E-state index contributed by atoms with van der Waals surface area (Å²) in [6.07, 6.45) is 13.2. The minimum Gasteiger partial charge on any atom is -0.372 e. The van der Waals surface area contributed by atoms with Crippen molar-refractivity contribution in [2.24, 2.45) is 0 Å². The van der Waals surface area contributed by atoms with Crippen LogP contribution in [0.1, 0.15) is 66.2 Å². The van der Waals surface area contributed by atoms with Gasteiger partial charge in [-0.2, -0.15) is 0 Å². The Bertz CT molecular complexity index is 489. The van der Waals surface area contributed by atoms with Gasteiger partial charge in [0.2, 0.25) is 11.8 Å². The smallest absolute Gasteiger partial charge is 0.220 e. The fourth-order valence-corrected chi connectivity index (χ4v) is 3.14. The molecule has 1 heterocycles. The summed E-state index contributed by atoms with van der Waals surface area (Å²) in [4.78, 5) is 26.4. The van der Waals surface area contributed by atoms with Crippen molar-refractivity contribution >= 4 is 11.8 Å². The topological polar surface area (TPSA) is 74.0 Å². The number of carbonyl (C=O) groups is 2. The minimum atomic E-state index is 0.0846. The van der Waals surface area contributed by atoms with Crippen molar-refractivity contribution in [3.8, 4) is 0 Å². The molecule has 0 radical (unpaired) electrons. The van der Waals surface area contributed by atoms with Crippen LogP contribution in [0.2, 0.25) is 0 Å². The van der Waals surface area contributed by atoms with E-state index in [-0.39, 0.29) is 30.0 Å². The molecule has 1 rings (SSSR count). The van der Waals surface area contributed by atoms with Crippen LogP contribution in [0.15, 0.2) is 24.3 Å². The maximum atomic E-state index is 12.0. The molecule has 0 aliphatic carbocycles. The number of hydrogen-bond acceptors (Lipinski definition) is 4. The van der Waals surface area contributed by atoms with Crippen molar-refractivity contribution in [1.82, 2.24) is 15.5 Å². The zero-order chi connectivity index (χ0) is 21.5. The number of nitrogens with zero attached hydrogens (tertiary/aromatic N) is 1. The van der Waals surface area contributed by atoms with Crippen LogP contribution in [-0.2, 0) is 14.3 Å². The summed E-state index contributed by atoms with van der Waals surface area (Å²) < 4.78 is 5.41. The molecule has 3 atom stereocenters. The van der Waals surface area contributed by atoms with Crippen LogP contribution in [-0.4, -0.2) is 61.1 Å². The molecule has 0 spiro atoms. The third-order valence-electron chi connectivity index (χ3n) is 5.02. The molecule has 6 heteroatoms. The van der Waals surface area contributed by atoms with E-state index in [0.29, 0.717) is 25.9 Å². The number of ether oxygens (including phenoxy) is 1. The summed E-state index contributed by atoms with van der Waals surface area (Å²) >= 11 is 0. The Balaban J connectivity index is 2.40. The van der Waals surface area contributed by atoms with Crippen LogP contribution in [0.25, 0.3) is 0 Å². The molecule has 0 aromatic carbocycles. The van der Waals surface area contributed by atoms with E-state index >= 15 is 0 Å². The number of allylic oxidation sites excluding steroid dienone is 4. The summed E-state index contributed by atoms with van der Waals surface area (Å²) in [5.74, 6) is 0.169. The van der Waals surface area contributed by atoms with E-state index in [9.17, 15) is 9.59 Å². The first kappa shape index (κ1) is 25.4. The van der Waals surface area contributed by atoms with Gasteiger partial charge in [0, 0.05) is 44.6 Å². The molecule has 0 aromatic heterocycles. The molecule has 3 unspecified atom stereocenters. The number of carbonyl (C=O) groups excluding carboxylic acids is 2. The zero-order valence-electron chi connectivity index (χ0n) is 18.8. The third-order valence-corrected chi connectivity index (χ3v) is 5.02. The number of nitrogens with one attached hydrogen (secondary N) is 2. The molecule has 1 fully saturated rings. The molecule has 0 aromatic rings. The highest BCUT2D eigenvalue weighted by Gasteiger charge is 2.30. The van der Waals surface area contributed by atoms with Crippen molar-refractivity contribution in [2.45, 2.75) is 84.4 Å². The van der Waals surface area contributed by atoms with Crippen molar-refractivity contribution in [3.63, 3.8) is 0 Å². The maximum absolute atomic E-state index is 12.0. The molecular weight excluding hydrogens is 366 g/mol. The number of amides is 2. The van der Waals surface area contributed by atoms with E-state index in [1.807, 2.05) is 0 Å². The summed E-state index contributed by atoms with van der Waals surface area (Å²) in [5, 5.41) is 6.09. The third kappa shape index (κ3) is 12.5. The second kappa shape index (κ2) is 15.2. The lowest BCUT2D eigenvalue weighted by Crippen LogP contribution is -2.51. The molecule has 2 amide bonds. The molecule has 0 saturated carbocycles. The van der Waals surface area contributed by atoms with E-state index in [1.54, 1.807) is 0 Å². The standard InChI is InChI=1S/C23H41N3O3/c1-5-7-9-11-13-22(27)24-15-19(3)26(17-21-18-29-21)20(4)16-25-23(28)14-12-10-8-6-2/h7-10,19-21H,5-6,11-18H2,1-4H3,(H,24,27)(H,25,28)/b9-7+,10-8+. The Kier molecular flexibility index (Phi) is 13.3. The van der Waals surface area contributed by atoms with Crippen molar-refractivity contribution < 1.29 is 14.3 Å². The van der Waals surface area contributed by atoms with Gasteiger partial charge in [-0.1, -0.05) is 38.2 Å². The van der Waals surface area contributed by atoms with Crippen LogP contribution in [0, 0.1) is 0 Å². The number of epoxide rings is 1. The molecule has 1 saturated heterocycles. The fourth-order valence-electron chi connectivity index (χ4n) is 3.14. The Morgan fingerprint density at radius 1 is 0.931 bits per heavy atom. The lowest BCUT2D eigenvalue weighted by atomic mass is 10.1. The first-order chi connectivity index (χ1) is 14.0. The predicted octanol–water partition coefficient (Wildman–Crippen LogP) is 3.19. The molecule has 29 heavy (non-hydrogen) atoms. The Morgan fingerprint density at radius 2 is 1.38 bits per heavy atom. The van der Waals surface area contributed by atoms with Crippen LogP contribution in [0.4, 0.5) is 0 Å². The molecule has 0 bridgehead atoms. The lowest BCUT2D eigenvalue weighted by molar-refractivity contribution is -0.121. The Labute approximate surface area is 177 Å². The molecule has 6 nitrogen and oxygen atoms in total. The first-order valence-corrected chi connectivity index (χ1v) is 11.2. The van der Waals surface area contributed by atoms with E-state index in [4.69, 9.17) is 4.74 Å². The van der Waals surface area contributed by atoms with Gasteiger partial charge in [0.15, 0.2) is 0 Å². The second-order valence-corrected chi connectivity index (χ2v) is 7.79. The normalized spacial score (nSPS) is 18.3. The number of hydrogen-bond donors (Lipinski definition) is 2. The molecule has 1 aliphatic rings. The zero-order valence-corrected chi connectivity index (χ0v) is 18.8. The van der Waals surface area contributed by atoms with E-state index in [0.717, 1.165) is 38.8 Å². The lowest BCUT2D eigenvalue weighted by Gasteiger charge is -2.34. The predicted molar refractivity (Wildman–Crippen MR) is 119 cm³/mol. The van der Waals surface area contributed by atoms with Gasteiger partial charge in [0.25, 0.3) is 0 Å². The summed E-state index contributed by atoms with van der Waals surface area (Å²) in [5.41, 5.74) is 0. The van der Waals surface area contributed by atoms with Crippen LogP contribution in [0.5, 0.6) is 0 Å². The molecular formula is C23H41N3O3.